The number of ether oxygens (including phenoxy) is 2. The van der Waals surface area contributed by atoms with Crippen LogP contribution in [0, 0.1) is 0 Å². The van der Waals surface area contributed by atoms with Gasteiger partial charge in [-0.15, -0.1) is 0 Å². The van der Waals surface area contributed by atoms with E-state index in [0.29, 0.717) is 5.56 Å². The van der Waals surface area contributed by atoms with Gasteiger partial charge in [0.15, 0.2) is 0 Å². The first-order chi connectivity index (χ1) is 15.5. The number of esters is 1. The van der Waals surface area contributed by atoms with Crippen LogP contribution in [-0.4, -0.2) is 54.4 Å². The Morgan fingerprint density at radius 1 is 1.35 bits per heavy atom. The Morgan fingerprint density at radius 3 is 2.62 bits per heavy atom. The van der Waals surface area contributed by atoms with Crippen LogP contribution in [0.1, 0.15) is 50.3 Å². The maximum Gasteiger partial charge on any atom is 0.338 e. The first-order valence-corrected chi connectivity index (χ1v) is 8.45. The summed E-state index contributed by atoms with van der Waals surface area (Å²) in [5, 5.41) is 0. The highest BCUT2D eigenvalue weighted by atomic mass is 79.9. The van der Waals surface area contributed by atoms with Crippen molar-refractivity contribution < 1.29 is 48.1 Å². The lowest BCUT2D eigenvalue weighted by Gasteiger charge is -2.48. The number of halogens is 1. The van der Waals surface area contributed by atoms with Gasteiger partial charge in [-0.3, -0.25) is 0 Å². The molecule has 3 saturated heterocycles. The lowest BCUT2D eigenvalue weighted by Crippen LogP contribution is -3.00. The van der Waals surface area contributed by atoms with E-state index in [0.717, 1.165) is 0 Å². The molecule has 0 spiro atoms. The van der Waals surface area contributed by atoms with Gasteiger partial charge in [0, 0.05) is 22.4 Å². The minimum Gasteiger partial charge on any atom is -1.00 e. The molecule has 26 heavy (non-hydrogen) atoms. The average molecular weight is 431 g/mol. The summed E-state index contributed by atoms with van der Waals surface area (Å²) in [6, 6.07) is 7.56. The van der Waals surface area contributed by atoms with Crippen LogP contribution in [0.2, 0.25) is 0 Å². The van der Waals surface area contributed by atoms with E-state index < -0.39 is 54.7 Å². The summed E-state index contributed by atoms with van der Waals surface area (Å²) < 4.78 is 83.5. The average Bonchev–Trinajstić information content (AvgIpc) is 3.51. The Balaban J connectivity index is 0.00000342. The van der Waals surface area contributed by atoms with Crippen molar-refractivity contribution in [2.75, 3.05) is 13.5 Å². The van der Waals surface area contributed by atoms with Crippen molar-refractivity contribution in [3.63, 3.8) is 0 Å². The number of carbonyl (C=O) groups is 1. The quantitative estimate of drug-likeness (QED) is 0.279. The fourth-order valence-corrected chi connectivity index (χ4v) is 4.34. The molecule has 0 radical (unpaired) electrons. The second-order valence-electron chi connectivity index (χ2n) is 7.05. The number of rotatable bonds is 6. The maximum atomic E-state index is 12.7. The Bertz CT molecular complexity index is 984. The summed E-state index contributed by atoms with van der Waals surface area (Å²) in [6.07, 6.45) is -7.79. The molecular weight excluding hydrogens is 394 g/mol. The Morgan fingerprint density at radius 2 is 2.00 bits per heavy atom. The van der Waals surface area contributed by atoms with E-state index in [-0.39, 0.29) is 47.6 Å². The van der Waals surface area contributed by atoms with Crippen LogP contribution in [0.15, 0.2) is 36.9 Å². The molecule has 142 valence electrons. The number of hydrogen-bond donors (Lipinski definition) is 0. The van der Waals surface area contributed by atoms with Crippen LogP contribution in [0.3, 0.4) is 0 Å². The van der Waals surface area contributed by atoms with Crippen molar-refractivity contribution in [1.29, 1.82) is 0 Å². The monoisotopic (exact) mass is 430 g/mol. The molecule has 4 nitrogen and oxygen atoms in total. The van der Waals surface area contributed by atoms with Gasteiger partial charge in [0.25, 0.3) is 0 Å². The predicted octanol–water partition coefficient (Wildman–Crippen LogP) is 0.174. The van der Waals surface area contributed by atoms with Gasteiger partial charge in [0.1, 0.15) is 30.4 Å². The third-order valence-electron chi connectivity index (χ3n) is 5.71. The molecule has 0 amide bonds. The highest BCUT2D eigenvalue weighted by molar-refractivity contribution is 6.15. The summed E-state index contributed by atoms with van der Waals surface area (Å²) in [5.41, 5.74) is 0.809. The second kappa shape index (κ2) is 7.45. The molecule has 1 aromatic rings. The first kappa shape index (κ1) is 11.0. The summed E-state index contributed by atoms with van der Waals surface area (Å²) in [5.74, 6) is -0.599. The molecule has 4 unspecified atom stereocenters. The first-order valence-electron chi connectivity index (χ1n) is 12.9. The highest BCUT2D eigenvalue weighted by Crippen LogP contribution is 2.52. The highest BCUT2D eigenvalue weighted by Gasteiger charge is 2.71. The third-order valence-corrected chi connectivity index (χ3v) is 5.71. The van der Waals surface area contributed by atoms with Crippen LogP contribution in [-0.2, 0) is 14.3 Å². The smallest absolute Gasteiger partial charge is 0.338 e. The van der Waals surface area contributed by atoms with Gasteiger partial charge < -0.3 is 30.9 Å². The Hall–Kier alpha value is -1.17. The number of morpholine rings is 1. The van der Waals surface area contributed by atoms with E-state index in [4.69, 9.17) is 21.8 Å². The van der Waals surface area contributed by atoms with Crippen molar-refractivity contribution in [3.8, 4) is 0 Å². The van der Waals surface area contributed by atoms with Crippen LogP contribution in [0.25, 0.3) is 5.57 Å². The fourth-order valence-electron chi connectivity index (χ4n) is 4.34. The van der Waals surface area contributed by atoms with Gasteiger partial charge in [0.05, 0.1) is 21.9 Å². The largest absolute Gasteiger partial charge is 1.00 e. The van der Waals surface area contributed by atoms with Gasteiger partial charge in [-0.2, -0.15) is 0 Å². The van der Waals surface area contributed by atoms with Crippen molar-refractivity contribution in [3.05, 3.63) is 42.5 Å². The Labute approximate surface area is 179 Å². The van der Waals surface area contributed by atoms with Gasteiger partial charge >= 0.3 is 5.97 Å². The molecular formula is C21H28BrNO3. The lowest BCUT2D eigenvalue weighted by atomic mass is 9.94. The zero-order valence-electron chi connectivity index (χ0n) is 23.4. The van der Waals surface area contributed by atoms with Crippen LogP contribution >= 0.6 is 0 Å². The van der Waals surface area contributed by atoms with Crippen LogP contribution in [0.4, 0.5) is 0 Å². The Kier molecular flexibility index (Phi) is 3.15. The van der Waals surface area contributed by atoms with Gasteiger partial charge in [-0.25, -0.2) is 4.79 Å². The molecule has 3 heterocycles. The summed E-state index contributed by atoms with van der Waals surface area (Å²) >= 11 is 0. The van der Waals surface area contributed by atoms with Gasteiger partial charge in [-0.1, -0.05) is 50.1 Å². The minimum absolute atomic E-state index is 0. The summed E-state index contributed by atoms with van der Waals surface area (Å²) in [4.78, 5) is 12.7. The number of nitrogens with zero attached hydrogens (tertiary/aromatic N) is 1. The van der Waals surface area contributed by atoms with Gasteiger partial charge in [-0.05, 0) is 11.9 Å². The van der Waals surface area contributed by atoms with E-state index in [9.17, 15) is 4.79 Å². The molecule has 4 atom stereocenters. The van der Waals surface area contributed by atoms with Gasteiger partial charge in [0.2, 0.25) is 0 Å². The standard InChI is InChI=1S/C21H28NO3.BrH/c1-4-5-11-22(3)17-12-16(13-18(22)20-19(17)25-20)24-21(23)14(2)15-9-7-6-8-10-15;/h6-10,16-20H,2,4-5,11-13H2,1,3H3;1H/q+1;/p-1/i1D3,4D2,5D2,11D2;. The fraction of sp³-hybridized carbons (Fsp3) is 0.571. The van der Waals surface area contributed by atoms with Crippen LogP contribution < -0.4 is 17.0 Å². The molecule has 0 aliphatic carbocycles. The molecule has 4 rings (SSSR count). The third kappa shape index (κ3) is 3.25. The number of likely N-dealkylation sites (N-methyl/N-ethyl adjacent to an activating group) is 1. The lowest BCUT2D eigenvalue weighted by molar-refractivity contribution is -0.956. The SMILES string of the molecule is [2H]C([2H])([2H])C([2H])([2H])C([2H])([2H])C([2H])([2H])[N+]1(C)C2CC(OC(=O)C(=C)c3ccccc3)CC1C1OC12.[Br-]. The molecule has 5 heteroatoms. The predicted molar refractivity (Wildman–Crippen MR) is 96.8 cm³/mol. The molecule has 3 aliphatic rings. The summed E-state index contributed by atoms with van der Waals surface area (Å²) in [7, 11) is 1.49. The maximum absolute atomic E-state index is 12.7. The molecule has 0 saturated carbocycles. The number of quaternary nitrogens is 1. The van der Waals surface area contributed by atoms with E-state index >= 15 is 0 Å². The minimum atomic E-state index is -3.44. The van der Waals surface area contributed by atoms with Crippen molar-refractivity contribution >= 4 is 11.5 Å². The molecule has 0 N–H and O–H groups in total. The normalized spacial score (nSPS) is 43.9. The van der Waals surface area contributed by atoms with Crippen LogP contribution in [0.5, 0.6) is 0 Å². The topological polar surface area (TPSA) is 38.8 Å². The van der Waals surface area contributed by atoms with Crippen molar-refractivity contribution in [1.82, 2.24) is 0 Å². The van der Waals surface area contributed by atoms with E-state index in [1.54, 1.807) is 24.3 Å². The molecule has 1 aromatic carbocycles. The molecule has 3 aliphatic heterocycles. The zero-order valence-corrected chi connectivity index (χ0v) is 16.0. The second-order valence-corrected chi connectivity index (χ2v) is 7.05. The molecule has 0 aromatic heterocycles. The number of piperidine rings is 1. The van der Waals surface area contributed by atoms with Crippen molar-refractivity contribution in [2.45, 2.75) is 62.8 Å². The summed E-state index contributed by atoms with van der Waals surface area (Å²) in [6.45, 7) is -2.46. The van der Waals surface area contributed by atoms with E-state index in [1.807, 2.05) is 6.07 Å². The number of hydrogen-bond acceptors (Lipinski definition) is 3. The molecule has 2 bridgehead atoms. The number of epoxide rings is 1. The van der Waals surface area contributed by atoms with E-state index in [2.05, 4.69) is 6.58 Å². The van der Waals surface area contributed by atoms with Crippen molar-refractivity contribution in [2.24, 2.45) is 0 Å². The number of fused-ring (bicyclic) bond motifs is 5. The number of benzene rings is 1. The zero-order chi connectivity index (χ0) is 25.5. The van der Waals surface area contributed by atoms with E-state index in [1.165, 1.54) is 7.05 Å². The number of carbonyl (C=O) groups excluding carboxylic acids is 1. The molecule has 3 fully saturated rings.